The van der Waals surface area contributed by atoms with Gasteiger partial charge in [-0.2, -0.15) is 0 Å². The Kier molecular flexibility index (Phi) is 2.30. The number of aryl methyl sites for hydroxylation is 1. The molecule has 13 heavy (non-hydrogen) atoms. The topological polar surface area (TPSA) is 28.7 Å². The lowest BCUT2D eigenvalue weighted by atomic mass is 10.2. The van der Waals surface area contributed by atoms with Crippen molar-refractivity contribution in [3.05, 3.63) is 27.5 Å². The van der Waals surface area contributed by atoms with Gasteiger partial charge in [0.15, 0.2) is 0 Å². The third kappa shape index (κ3) is 1.46. The van der Waals surface area contributed by atoms with E-state index in [1.165, 1.54) is 0 Å². The van der Waals surface area contributed by atoms with Crippen molar-refractivity contribution in [2.75, 3.05) is 0 Å². The minimum Gasteiger partial charge on any atom is -0.330 e. The van der Waals surface area contributed by atoms with E-state index in [9.17, 15) is 0 Å². The maximum absolute atomic E-state index is 6.01. The third-order valence-corrected chi connectivity index (χ3v) is 2.78. The summed E-state index contributed by atoms with van der Waals surface area (Å²) < 4.78 is 0.977. The molecule has 1 N–H and O–H groups in total. The molecular formula is C9H8BrClN2. The molecule has 2 rings (SSSR count). The molecule has 2 aromatic heterocycles. The average Bonchev–Trinajstić information content (AvgIpc) is 2.40. The van der Waals surface area contributed by atoms with Gasteiger partial charge in [-0.15, -0.1) is 0 Å². The lowest BCUT2D eigenvalue weighted by molar-refractivity contribution is 1.15. The van der Waals surface area contributed by atoms with E-state index in [1.807, 2.05) is 6.07 Å². The van der Waals surface area contributed by atoms with Crippen molar-refractivity contribution in [3.8, 4) is 0 Å². The number of halogens is 2. The number of hydrogen-bond acceptors (Lipinski definition) is 1. The van der Waals surface area contributed by atoms with Gasteiger partial charge in [0.1, 0.15) is 10.8 Å². The smallest absolute Gasteiger partial charge is 0.138 e. The summed E-state index contributed by atoms with van der Waals surface area (Å²) in [6.07, 6.45) is 2.67. The van der Waals surface area contributed by atoms with E-state index in [1.54, 1.807) is 6.20 Å². The Labute approximate surface area is 89.4 Å². The van der Waals surface area contributed by atoms with Gasteiger partial charge in [0.05, 0.1) is 0 Å². The fourth-order valence-electron chi connectivity index (χ4n) is 1.41. The van der Waals surface area contributed by atoms with Gasteiger partial charge in [0.25, 0.3) is 0 Å². The van der Waals surface area contributed by atoms with E-state index in [0.717, 1.165) is 27.5 Å². The molecule has 2 nitrogen and oxygen atoms in total. The molecule has 0 fully saturated rings. The number of hydrogen-bond donors (Lipinski definition) is 1. The van der Waals surface area contributed by atoms with E-state index < -0.39 is 0 Å². The van der Waals surface area contributed by atoms with E-state index in [2.05, 4.69) is 32.8 Å². The Morgan fingerprint density at radius 2 is 2.38 bits per heavy atom. The van der Waals surface area contributed by atoms with Crippen molar-refractivity contribution in [1.29, 1.82) is 0 Å². The fourth-order valence-corrected chi connectivity index (χ4v) is 2.07. The first-order valence-corrected chi connectivity index (χ1v) is 5.21. The lowest BCUT2D eigenvalue weighted by Gasteiger charge is -1.94. The predicted molar refractivity (Wildman–Crippen MR) is 58.2 cm³/mol. The van der Waals surface area contributed by atoms with Gasteiger partial charge in [0.2, 0.25) is 0 Å². The number of H-pyrrole nitrogens is 1. The van der Waals surface area contributed by atoms with Crippen molar-refractivity contribution in [3.63, 3.8) is 0 Å². The first-order valence-electron chi connectivity index (χ1n) is 4.04. The first kappa shape index (κ1) is 9.03. The van der Waals surface area contributed by atoms with Crippen LogP contribution in [0.25, 0.3) is 11.0 Å². The summed E-state index contributed by atoms with van der Waals surface area (Å²) in [6, 6.07) is 2.03. The fraction of sp³-hybridized carbons (Fsp3) is 0.222. The van der Waals surface area contributed by atoms with Gasteiger partial charge in [-0.25, -0.2) is 4.98 Å². The van der Waals surface area contributed by atoms with Gasteiger partial charge >= 0.3 is 0 Å². The molecule has 2 aromatic rings. The Balaban J connectivity index is 2.80. The summed E-state index contributed by atoms with van der Waals surface area (Å²) in [5.41, 5.74) is 1.98. The predicted octanol–water partition coefficient (Wildman–Crippen LogP) is 3.54. The van der Waals surface area contributed by atoms with Crippen LogP contribution in [0.1, 0.15) is 12.5 Å². The molecule has 2 heterocycles. The van der Waals surface area contributed by atoms with Crippen LogP contribution in [0.3, 0.4) is 0 Å². The second kappa shape index (κ2) is 3.31. The number of nitrogens with one attached hydrogen (secondary N) is 1. The van der Waals surface area contributed by atoms with Crippen molar-refractivity contribution < 1.29 is 0 Å². The number of aromatic nitrogens is 2. The summed E-state index contributed by atoms with van der Waals surface area (Å²) in [6.45, 7) is 2.08. The van der Waals surface area contributed by atoms with E-state index in [0.29, 0.717) is 5.15 Å². The Bertz CT molecular complexity index is 450. The van der Waals surface area contributed by atoms with Crippen LogP contribution < -0.4 is 0 Å². The second-order valence-corrected chi connectivity index (χ2v) is 4.11. The summed E-state index contributed by atoms with van der Waals surface area (Å²) in [7, 11) is 0. The Morgan fingerprint density at radius 3 is 3.08 bits per heavy atom. The van der Waals surface area contributed by atoms with Crippen LogP contribution in [0.5, 0.6) is 0 Å². The number of rotatable bonds is 1. The van der Waals surface area contributed by atoms with Gasteiger partial charge in [0, 0.05) is 16.1 Å². The van der Waals surface area contributed by atoms with Crippen LogP contribution in [0.4, 0.5) is 0 Å². The van der Waals surface area contributed by atoms with Gasteiger partial charge in [-0.3, -0.25) is 0 Å². The van der Waals surface area contributed by atoms with E-state index >= 15 is 0 Å². The standard InChI is InChI=1S/C9H8BrClN2/c1-2-6-7-3-5(10)4-12-9(7)13-8(6)11/h3-4H,2H2,1H3,(H,12,13). The number of aromatic amines is 1. The van der Waals surface area contributed by atoms with Crippen LogP contribution in [-0.4, -0.2) is 9.97 Å². The number of pyridine rings is 1. The van der Waals surface area contributed by atoms with Crippen molar-refractivity contribution >= 4 is 38.6 Å². The molecule has 0 radical (unpaired) electrons. The highest BCUT2D eigenvalue weighted by Crippen LogP contribution is 2.27. The molecule has 0 bridgehead atoms. The zero-order chi connectivity index (χ0) is 9.42. The largest absolute Gasteiger partial charge is 0.330 e. The van der Waals surface area contributed by atoms with Gasteiger partial charge in [-0.05, 0) is 34.0 Å². The molecule has 0 saturated heterocycles. The molecule has 0 unspecified atom stereocenters. The Hall–Kier alpha value is -0.540. The van der Waals surface area contributed by atoms with Gasteiger partial charge < -0.3 is 4.98 Å². The highest BCUT2D eigenvalue weighted by Gasteiger charge is 2.08. The molecule has 0 aliphatic heterocycles. The first-order chi connectivity index (χ1) is 6.22. The minimum absolute atomic E-state index is 0.697. The van der Waals surface area contributed by atoms with Gasteiger partial charge in [-0.1, -0.05) is 18.5 Å². The van der Waals surface area contributed by atoms with E-state index in [4.69, 9.17) is 11.6 Å². The molecule has 4 heteroatoms. The molecule has 0 amide bonds. The zero-order valence-electron chi connectivity index (χ0n) is 7.06. The zero-order valence-corrected chi connectivity index (χ0v) is 9.41. The molecule has 68 valence electrons. The average molecular weight is 260 g/mol. The van der Waals surface area contributed by atoms with Crippen LogP contribution in [0, 0.1) is 0 Å². The van der Waals surface area contributed by atoms with Crippen molar-refractivity contribution in [1.82, 2.24) is 9.97 Å². The molecule has 0 spiro atoms. The molecule has 0 aliphatic carbocycles. The van der Waals surface area contributed by atoms with Crippen LogP contribution >= 0.6 is 27.5 Å². The quantitative estimate of drug-likeness (QED) is 0.834. The highest BCUT2D eigenvalue weighted by atomic mass is 79.9. The number of fused-ring (bicyclic) bond motifs is 1. The van der Waals surface area contributed by atoms with Crippen LogP contribution in [-0.2, 0) is 6.42 Å². The van der Waals surface area contributed by atoms with Crippen molar-refractivity contribution in [2.45, 2.75) is 13.3 Å². The summed E-state index contributed by atoms with van der Waals surface area (Å²) in [5, 5.41) is 1.80. The lowest BCUT2D eigenvalue weighted by Crippen LogP contribution is -1.78. The molecule has 0 saturated carbocycles. The van der Waals surface area contributed by atoms with Crippen LogP contribution in [0.2, 0.25) is 5.15 Å². The van der Waals surface area contributed by atoms with Crippen LogP contribution in [0.15, 0.2) is 16.7 Å². The minimum atomic E-state index is 0.697. The molecule has 0 atom stereocenters. The highest BCUT2D eigenvalue weighted by molar-refractivity contribution is 9.10. The molecule has 0 aromatic carbocycles. The second-order valence-electron chi connectivity index (χ2n) is 2.82. The number of nitrogens with zero attached hydrogens (tertiary/aromatic N) is 1. The summed E-state index contributed by atoms with van der Waals surface area (Å²) in [5.74, 6) is 0. The molecular weight excluding hydrogens is 251 g/mol. The monoisotopic (exact) mass is 258 g/mol. The maximum Gasteiger partial charge on any atom is 0.138 e. The van der Waals surface area contributed by atoms with E-state index in [-0.39, 0.29) is 0 Å². The SMILES string of the molecule is CCc1c(Cl)[nH]c2ncc(Br)cc12. The Morgan fingerprint density at radius 1 is 1.62 bits per heavy atom. The third-order valence-electron chi connectivity index (χ3n) is 2.03. The maximum atomic E-state index is 6.01. The van der Waals surface area contributed by atoms with Crippen molar-refractivity contribution in [2.24, 2.45) is 0 Å². The molecule has 0 aliphatic rings. The summed E-state index contributed by atoms with van der Waals surface area (Å²) in [4.78, 5) is 7.26. The normalized spacial score (nSPS) is 11.0. The summed E-state index contributed by atoms with van der Waals surface area (Å²) >= 11 is 9.39.